The average Bonchev–Trinajstić information content (AvgIpc) is 2.65. The molecule has 1 aromatic heterocycles. The lowest BCUT2D eigenvalue weighted by Gasteiger charge is -2.12. The van der Waals surface area contributed by atoms with E-state index < -0.39 is 0 Å². The second kappa shape index (κ2) is 3.95. The Morgan fingerprint density at radius 3 is 3.00 bits per heavy atom. The van der Waals surface area contributed by atoms with Crippen LogP contribution in [-0.2, 0) is 6.42 Å². The molecule has 0 radical (unpaired) electrons. The van der Waals surface area contributed by atoms with Gasteiger partial charge in [-0.3, -0.25) is 0 Å². The van der Waals surface area contributed by atoms with E-state index in [0.717, 1.165) is 30.6 Å². The standard InChI is InChI=1S/C9H12ClNOS/c10-9-8(13-5-11-9)4-6-2-1-3-7(6)12/h5-7,12H,1-4H2. The number of aromatic nitrogens is 1. The molecule has 4 heteroatoms. The van der Waals surface area contributed by atoms with E-state index in [1.54, 1.807) is 16.8 Å². The monoisotopic (exact) mass is 217 g/mol. The first-order valence-corrected chi connectivity index (χ1v) is 5.79. The maximum atomic E-state index is 9.62. The molecule has 1 aliphatic rings. The summed E-state index contributed by atoms with van der Waals surface area (Å²) in [5, 5.41) is 10.2. The third kappa shape index (κ3) is 2.03. The van der Waals surface area contributed by atoms with Gasteiger partial charge in [0.05, 0.1) is 11.6 Å². The van der Waals surface area contributed by atoms with Gasteiger partial charge in [0, 0.05) is 4.88 Å². The molecule has 1 aromatic rings. The Labute approximate surface area is 86.6 Å². The summed E-state index contributed by atoms with van der Waals surface area (Å²) < 4.78 is 0. The van der Waals surface area contributed by atoms with Crippen LogP contribution in [0, 0.1) is 5.92 Å². The Kier molecular flexibility index (Phi) is 2.86. The normalized spacial score (nSPS) is 28.2. The fourth-order valence-corrected chi connectivity index (χ4v) is 2.95. The van der Waals surface area contributed by atoms with Crippen LogP contribution in [0.2, 0.25) is 5.15 Å². The molecule has 0 amide bonds. The summed E-state index contributed by atoms with van der Waals surface area (Å²) in [5.74, 6) is 0.401. The molecule has 1 fully saturated rings. The zero-order valence-corrected chi connectivity index (χ0v) is 8.81. The van der Waals surface area contributed by atoms with Crippen LogP contribution in [0.4, 0.5) is 0 Å². The van der Waals surface area contributed by atoms with E-state index in [0.29, 0.717) is 11.1 Å². The summed E-state index contributed by atoms with van der Waals surface area (Å²) >= 11 is 7.47. The first-order valence-electron chi connectivity index (χ1n) is 4.53. The van der Waals surface area contributed by atoms with Crippen molar-refractivity contribution in [2.45, 2.75) is 31.8 Å². The highest BCUT2D eigenvalue weighted by molar-refractivity contribution is 7.10. The second-order valence-corrected chi connectivity index (χ2v) is 4.83. The topological polar surface area (TPSA) is 33.1 Å². The van der Waals surface area contributed by atoms with E-state index in [9.17, 15) is 5.11 Å². The van der Waals surface area contributed by atoms with Gasteiger partial charge >= 0.3 is 0 Å². The summed E-state index contributed by atoms with van der Waals surface area (Å²) in [7, 11) is 0. The van der Waals surface area contributed by atoms with Crippen molar-refractivity contribution >= 4 is 22.9 Å². The number of nitrogens with zero attached hydrogens (tertiary/aromatic N) is 1. The minimum Gasteiger partial charge on any atom is -0.393 e. The molecule has 2 rings (SSSR count). The van der Waals surface area contributed by atoms with Crippen LogP contribution in [0.1, 0.15) is 24.1 Å². The lowest BCUT2D eigenvalue weighted by molar-refractivity contribution is 0.133. The maximum absolute atomic E-state index is 9.62. The lowest BCUT2D eigenvalue weighted by Crippen LogP contribution is -2.14. The molecule has 2 nitrogen and oxygen atoms in total. The predicted octanol–water partition coefficient (Wildman–Crippen LogP) is 2.50. The Balaban J connectivity index is 2.01. The Hall–Kier alpha value is -0.120. The van der Waals surface area contributed by atoms with Gasteiger partial charge < -0.3 is 5.11 Å². The van der Waals surface area contributed by atoms with Gasteiger partial charge in [-0.15, -0.1) is 11.3 Å². The second-order valence-electron chi connectivity index (χ2n) is 3.53. The molecular formula is C9H12ClNOS. The van der Waals surface area contributed by atoms with Crippen LogP contribution in [0.3, 0.4) is 0 Å². The van der Waals surface area contributed by atoms with Gasteiger partial charge in [-0.25, -0.2) is 4.98 Å². The van der Waals surface area contributed by atoms with E-state index in [-0.39, 0.29) is 6.10 Å². The molecule has 2 unspecified atom stereocenters. The van der Waals surface area contributed by atoms with Crippen LogP contribution >= 0.6 is 22.9 Å². The van der Waals surface area contributed by atoms with E-state index in [4.69, 9.17) is 11.6 Å². The van der Waals surface area contributed by atoms with Gasteiger partial charge in [0.15, 0.2) is 0 Å². The molecule has 72 valence electrons. The molecule has 0 bridgehead atoms. The van der Waals surface area contributed by atoms with Crippen molar-refractivity contribution in [2.75, 3.05) is 0 Å². The molecule has 0 saturated heterocycles. The highest BCUT2D eigenvalue weighted by Gasteiger charge is 2.26. The number of hydrogen-bond acceptors (Lipinski definition) is 3. The summed E-state index contributed by atoms with van der Waals surface area (Å²) in [6, 6.07) is 0. The summed E-state index contributed by atoms with van der Waals surface area (Å²) in [4.78, 5) is 5.10. The molecule has 1 N–H and O–H groups in total. The Morgan fingerprint density at radius 2 is 2.46 bits per heavy atom. The summed E-state index contributed by atoms with van der Waals surface area (Å²) in [6.07, 6.45) is 3.97. The molecule has 0 aliphatic heterocycles. The van der Waals surface area contributed by atoms with Gasteiger partial charge in [0.25, 0.3) is 0 Å². The van der Waals surface area contributed by atoms with Gasteiger partial charge in [0.1, 0.15) is 5.15 Å². The van der Waals surface area contributed by atoms with Crippen molar-refractivity contribution in [3.8, 4) is 0 Å². The zero-order valence-electron chi connectivity index (χ0n) is 7.24. The largest absolute Gasteiger partial charge is 0.393 e. The lowest BCUT2D eigenvalue weighted by atomic mass is 10.0. The number of aliphatic hydroxyl groups is 1. The highest BCUT2D eigenvalue weighted by atomic mass is 35.5. The summed E-state index contributed by atoms with van der Waals surface area (Å²) in [5.41, 5.74) is 1.76. The first-order chi connectivity index (χ1) is 6.27. The summed E-state index contributed by atoms with van der Waals surface area (Å²) in [6.45, 7) is 0. The smallest absolute Gasteiger partial charge is 0.143 e. The van der Waals surface area contributed by atoms with Crippen LogP contribution < -0.4 is 0 Å². The van der Waals surface area contributed by atoms with Gasteiger partial charge in [0.2, 0.25) is 0 Å². The van der Waals surface area contributed by atoms with Crippen molar-refractivity contribution in [2.24, 2.45) is 5.92 Å². The average molecular weight is 218 g/mol. The van der Waals surface area contributed by atoms with E-state index in [1.165, 1.54) is 0 Å². The molecule has 1 saturated carbocycles. The molecule has 1 heterocycles. The molecule has 2 atom stereocenters. The number of hydrogen-bond donors (Lipinski definition) is 1. The third-order valence-electron chi connectivity index (χ3n) is 2.66. The number of halogens is 1. The van der Waals surface area contributed by atoms with Crippen LogP contribution in [0.15, 0.2) is 5.51 Å². The molecule has 0 aromatic carbocycles. The highest BCUT2D eigenvalue weighted by Crippen LogP contribution is 2.31. The van der Waals surface area contributed by atoms with Crippen LogP contribution in [-0.4, -0.2) is 16.2 Å². The van der Waals surface area contributed by atoms with Gasteiger partial charge in [-0.2, -0.15) is 0 Å². The Morgan fingerprint density at radius 1 is 1.62 bits per heavy atom. The van der Waals surface area contributed by atoms with Gasteiger partial charge in [-0.1, -0.05) is 18.0 Å². The number of thiazole rings is 1. The van der Waals surface area contributed by atoms with E-state index >= 15 is 0 Å². The molecular weight excluding hydrogens is 206 g/mol. The van der Waals surface area contributed by atoms with Crippen molar-refractivity contribution in [1.82, 2.24) is 4.98 Å². The van der Waals surface area contributed by atoms with Crippen LogP contribution in [0.5, 0.6) is 0 Å². The molecule has 1 aliphatic carbocycles. The Bertz CT molecular complexity index is 289. The van der Waals surface area contributed by atoms with Crippen molar-refractivity contribution in [3.63, 3.8) is 0 Å². The van der Waals surface area contributed by atoms with Crippen molar-refractivity contribution in [1.29, 1.82) is 0 Å². The third-order valence-corrected chi connectivity index (χ3v) is 3.95. The van der Waals surface area contributed by atoms with Crippen molar-refractivity contribution in [3.05, 3.63) is 15.5 Å². The quantitative estimate of drug-likeness (QED) is 0.826. The van der Waals surface area contributed by atoms with Gasteiger partial charge in [-0.05, 0) is 25.2 Å². The fraction of sp³-hybridized carbons (Fsp3) is 0.667. The SMILES string of the molecule is OC1CCCC1Cc1scnc1Cl. The molecule has 13 heavy (non-hydrogen) atoms. The number of rotatable bonds is 2. The predicted molar refractivity (Wildman–Crippen MR) is 54.2 cm³/mol. The maximum Gasteiger partial charge on any atom is 0.143 e. The van der Waals surface area contributed by atoms with Crippen molar-refractivity contribution < 1.29 is 5.11 Å². The molecule has 0 spiro atoms. The minimum atomic E-state index is -0.127. The first kappa shape index (κ1) is 9.44. The van der Waals surface area contributed by atoms with E-state index in [1.807, 2.05) is 0 Å². The number of aliphatic hydroxyl groups excluding tert-OH is 1. The minimum absolute atomic E-state index is 0.127. The fourth-order valence-electron chi connectivity index (χ4n) is 1.88. The van der Waals surface area contributed by atoms with E-state index in [2.05, 4.69) is 4.98 Å². The zero-order chi connectivity index (χ0) is 9.26. The van der Waals surface area contributed by atoms with Crippen LogP contribution in [0.25, 0.3) is 0 Å².